The first-order valence-electron chi connectivity index (χ1n) is 6.68. The lowest BCUT2D eigenvalue weighted by molar-refractivity contribution is -0.119. The number of anilines is 1. The Hall–Kier alpha value is -2.21. The van der Waals surface area contributed by atoms with E-state index < -0.39 is 0 Å². The summed E-state index contributed by atoms with van der Waals surface area (Å²) < 4.78 is 1.77. The quantitative estimate of drug-likeness (QED) is 0.900. The van der Waals surface area contributed by atoms with E-state index in [9.17, 15) is 4.79 Å². The number of amides is 1. The summed E-state index contributed by atoms with van der Waals surface area (Å²) in [6.45, 7) is 1.49. The predicted molar refractivity (Wildman–Crippen MR) is 75.2 cm³/mol. The largest absolute Gasteiger partial charge is 0.315 e. The van der Waals surface area contributed by atoms with Gasteiger partial charge in [0.1, 0.15) is 0 Å². The van der Waals surface area contributed by atoms with E-state index in [4.69, 9.17) is 0 Å². The number of aromatic nitrogens is 3. The fourth-order valence-corrected chi connectivity index (χ4v) is 2.53. The maximum Gasteiger partial charge on any atom is 0.228 e. The van der Waals surface area contributed by atoms with Gasteiger partial charge in [-0.05, 0) is 11.6 Å². The summed E-state index contributed by atoms with van der Waals surface area (Å²) in [5, 5.41) is 11.1. The van der Waals surface area contributed by atoms with Gasteiger partial charge in [-0.3, -0.25) is 9.48 Å². The third-order valence-electron chi connectivity index (χ3n) is 3.63. The van der Waals surface area contributed by atoms with Gasteiger partial charge in [0.2, 0.25) is 5.91 Å². The van der Waals surface area contributed by atoms with Crippen LogP contribution in [0.4, 0.5) is 5.69 Å². The van der Waals surface area contributed by atoms with Gasteiger partial charge >= 0.3 is 0 Å². The molecule has 2 aromatic rings. The highest BCUT2D eigenvalue weighted by Crippen LogP contribution is 2.33. The zero-order chi connectivity index (χ0) is 13.9. The summed E-state index contributed by atoms with van der Waals surface area (Å²) in [6, 6.07) is 8.09. The van der Waals surface area contributed by atoms with Crippen molar-refractivity contribution in [3.8, 4) is 0 Å². The second-order valence-corrected chi connectivity index (χ2v) is 4.89. The molecule has 0 fully saturated rings. The molecule has 0 bridgehead atoms. The molecule has 1 aromatic carbocycles. The van der Waals surface area contributed by atoms with Crippen LogP contribution in [0.5, 0.6) is 0 Å². The number of para-hydroxylation sites is 1. The molecule has 104 valence electrons. The van der Waals surface area contributed by atoms with Gasteiger partial charge in [-0.2, -0.15) is 0 Å². The van der Waals surface area contributed by atoms with Crippen LogP contribution in [0.25, 0.3) is 0 Å². The van der Waals surface area contributed by atoms with E-state index >= 15 is 0 Å². The fraction of sp³-hybridized carbons (Fsp3) is 0.357. The van der Waals surface area contributed by atoms with Crippen LogP contribution in [0, 0.1) is 0 Å². The van der Waals surface area contributed by atoms with Crippen LogP contribution in [-0.4, -0.2) is 34.5 Å². The Morgan fingerprint density at radius 3 is 3.05 bits per heavy atom. The van der Waals surface area contributed by atoms with E-state index in [-0.39, 0.29) is 11.9 Å². The molecule has 1 unspecified atom stereocenters. The van der Waals surface area contributed by atoms with Crippen LogP contribution in [0.3, 0.4) is 0 Å². The number of carbonyl (C=O) groups is 1. The Bertz CT molecular complexity index is 595. The predicted octanol–water partition coefficient (Wildman–Crippen LogP) is 0.975. The molecule has 20 heavy (non-hydrogen) atoms. The van der Waals surface area contributed by atoms with Gasteiger partial charge in [0.05, 0.1) is 12.7 Å². The van der Waals surface area contributed by atoms with Crippen molar-refractivity contribution in [3.05, 3.63) is 42.2 Å². The van der Waals surface area contributed by atoms with E-state index in [1.807, 2.05) is 31.4 Å². The van der Waals surface area contributed by atoms with Crippen molar-refractivity contribution in [2.45, 2.75) is 19.0 Å². The van der Waals surface area contributed by atoms with Crippen molar-refractivity contribution in [2.24, 2.45) is 0 Å². The van der Waals surface area contributed by atoms with Crippen molar-refractivity contribution >= 4 is 11.6 Å². The summed E-state index contributed by atoms with van der Waals surface area (Å²) in [4.78, 5) is 13.7. The van der Waals surface area contributed by atoms with E-state index in [0.717, 1.165) is 18.8 Å². The van der Waals surface area contributed by atoms with E-state index in [2.05, 4.69) is 21.7 Å². The molecular weight excluding hydrogens is 254 g/mol. The summed E-state index contributed by atoms with van der Waals surface area (Å²) >= 11 is 0. The minimum absolute atomic E-state index is 0.0680. The normalized spacial score (nSPS) is 18.1. The SMILES string of the molecule is CN1C(=O)CC(NCCn2ccnn2)c2ccccc21. The number of nitrogens with zero attached hydrogens (tertiary/aromatic N) is 4. The van der Waals surface area contributed by atoms with Gasteiger partial charge in [-0.15, -0.1) is 5.10 Å². The summed E-state index contributed by atoms with van der Waals surface area (Å²) in [5.74, 6) is 0.141. The van der Waals surface area contributed by atoms with Crippen molar-refractivity contribution in [2.75, 3.05) is 18.5 Å². The lowest BCUT2D eigenvalue weighted by atomic mass is 9.96. The number of nitrogens with one attached hydrogen (secondary N) is 1. The molecule has 0 radical (unpaired) electrons. The van der Waals surface area contributed by atoms with Crippen LogP contribution >= 0.6 is 0 Å². The summed E-state index contributed by atoms with van der Waals surface area (Å²) in [7, 11) is 1.83. The molecule has 1 aliphatic rings. The number of hydrogen-bond acceptors (Lipinski definition) is 4. The average Bonchev–Trinajstić information content (AvgIpc) is 2.97. The maximum atomic E-state index is 12.0. The summed E-state index contributed by atoms with van der Waals surface area (Å²) in [5.41, 5.74) is 2.16. The number of hydrogen-bond donors (Lipinski definition) is 1. The Balaban J connectivity index is 1.70. The lowest BCUT2D eigenvalue weighted by Crippen LogP contribution is -2.38. The Morgan fingerprint density at radius 1 is 1.40 bits per heavy atom. The molecule has 2 heterocycles. The second-order valence-electron chi connectivity index (χ2n) is 4.89. The minimum Gasteiger partial charge on any atom is -0.315 e. The first-order chi connectivity index (χ1) is 9.75. The molecule has 3 rings (SSSR count). The van der Waals surface area contributed by atoms with Crippen molar-refractivity contribution in [1.82, 2.24) is 20.3 Å². The Kier molecular flexibility index (Phi) is 3.47. The number of carbonyl (C=O) groups excluding carboxylic acids is 1. The van der Waals surface area contributed by atoms with E-state index in [1.54, 1.807) is 15.8 Å². The van der Waals surface area contributed by atoms with Crippen molar-refractivity contribution in [3.63, 3.8) is 0 Å². The zero-order valence-corrected chi connectivity index (χ0v) is 11.4. The van der Waals surface area contributed by atoms with Gasteiger partial charge in [-0.1, -0.05) is 23.4 Å². The second kappa shape index (κ2) is 5.42. The van der Waals surface area contributed by atoms with Gasteiger partial charge in [0.15, 0.2) is 0 Å². The third-order valence-corrected chi connectivity index (χ3v) is 3.63. The molecule has 1 aromatic heterocycles. The Labute approximate surface area is 117 Å². The van der Waals surface area contributed by atoms with Gasteiger partial charge < -0.3 is 10.2 Å². The highest BCUT2D eigenvalue weighted by atomic mass is 16.2. The molecule has 1 aliphatic heterocycles. The molecule has 0 saturated carbocycles. The van der Waals surface area contributed by atoms with Gasteiger partial charge in [0, 0.05) is 37.9 Å². The first-order valence-corrected chi connectivity index (χ1v) is 6.68. The third kappa shape index (κ3) is 2.42. The van der Waals surface area contributed by atoms with E-state index in [1.165, 1.54) is 5.56 Å². The molecule has 1 N–H and O–H groups in total. The molecule has 0 aliphatic carbocycles. The molecular formula is C14H17N5O. The molecule has 1 amide bonds. The highest BCUT2D eigenvalue weighted by molar-refractivity contribution is 5.96. The van der Waals surface area contributed by atoms with Crippen LogP contribution in [0.2, 0.25) is 0 Å². The summed E-state index contributed by atoms with van der Waals surface area (Å²) in [6.07, 6.45) is 3.98. The first kappa shape index (κ1) is 12.8. The molecule has 0 spiro atoms. The fourth-order valence-electron chi connectivity index (χ4n) is 2.53. The molecule has 6 heteroatoms. The van der Waals surface area contributed by atoms with Crippen LogP contribution in [0.1, 0.15) is 18.0 Å². The Morgan fingerprint density at radius 2 is 2.25 bits per heavy atom. The number of rotatable bonds is 4. The highest BCUT2D eigenvalue weighted by Gasteiger charge is 2.28. The van der Waals surface area contributed by atoms with Crippen LogP contribution in [-0.2, 0) is 11.3 Å². The van der Waals surface area contributed by atoms with Gasteiger partial charge in [0.25, 0.3) is 0 Å². The number of fused-ring (bicyclic) bond motifs is 1. The van der Waals surface area contributed by atoms with Gasteiger partial charge in [-0.25, -0.2) is 0 Å². The van der Waals surface area contributed by atoms with E-state index in [0.29, 0.717) is 6.42 Å². The molecule has 1 atom stereocenters. The number of benzene rings is 1. The van der Waals surface area contributed by atoms with Crippen LogP contribution < -0.4 is 10.2 Å². The van der Waals surface area contributed by atoms with Crippen LogP contribution in [0.15, 0.2) is 36.7 Å². The van der Waals surface area contributed by atoms with Crippen molar-refractivity contribution in [1.29, 1.82) is 0 Å². The monoisotopic (exact) mass is 271 g/mol. The topological polar surface area (TPSA) is 63.1 Å². The maximum absolute atomic E-state index is 12.0. The lowest BCUT2D eigenvalue weighted by Gasteiger charge is -2.32. The minimum atomic E-state index is 0.0680. The standard InChI is InChI=1S/C14H17N5O/c1-18-13-5-3-2-4-11(13)12(10-14(18)20)15-6-8-19-9-7-16-17-19/h2-5,7,9,12,15H,6,8,10H2,1H3. The zero-order valence-electron chi connectivity index (χ0n) is 11.4. The molecule has 0 saturated heterocycles. The average molecular weight is 271 g/mol. The smallest absolute Gasteiger partial charge is 0.228 e. The molecule has 6 nitrogen and oxygen atoms in total. The van der Waals surface area contributed by atoms with Crippen molar-refractivity contribution < 1.29 is 4.79 Å².